The maximum Gasteiger partial charge on any atom is 0.123 e. The van der Waals surface area contributed by atoms with E-state index < -0.39 is 5.60 Å². The van der Waals surface area contributed by atoms with Gasteiger partial charge >= 0.3 is 0 Å². The molecule has 1 fully saturated rings. The molecule has 1 atom stereocenters. The van der Waals surface area contributed by atoms with Crippen LogP contribution in [0.3, 0.4) is 0 Å². The van der Waals surface area contributed by atoms with Gasteiger partial charge in [0.25, 0.3) is 0 Å². The minimum Gasteiger partial charge on any atom is -0.492 e. The molecule has 1 saturated heterocycles. The zero-order chi connectivity index (χ0) is 15.4. The average molecular weight is 306 g/mol. The van der Waals surface area contributed by atoms with Crippen molar-refractivity contribution in [3.63, 3.8) is 0 Å². The van der Waals surface area contributed by atoms with Crippen LogP contribution in [0.1, 0.15) is 18.5 Å². The van der Waals surface area contributed by atoms with E-state index in [4.69, 9.17) is 4.74 Å². The highest BCUT2D eigenvalue weighted by Gasteiger charge is 2.36. The molecular formula is C15H19FN4O2. The number of aromatic amines is 1. The molecule has 7 heteroatoms. The molecular weight excluding hydrogens is 287 g/mol. The summed E-state index contributed by atoms with van der Waals surface area (Å²) < 4.78 is 18.4. The van der Waals surface area contributed by atoms with Gasteiger partial charge in [-0.05, 0) is 43.7 Å². The smallest absolute Gasteiger partial charge is 0.123 e. The van der Waals surface area contributed by atoms with Crippen LogP contribution in [0.2, 0.25) is 0 Å². The average Bonchev–Trinajstić information content (AvgIpc) is 3.05. The minimum atomic E-state index is -0.957. The van der Waals surface area contributed by atoms with Crippen molar-refractivity contribution in [1.29, 1.82) is 0 Å². The lowest BCUT2D eigenvalue weighted by molar-refractivity contribution is -0.0412. The van der Waals surface area contributed by atoms with Crippen molar-refractivity contribution in [2.45, 2.75) is 18.4 Å². The first kappa shape index (κ1) is 14.9. The Kier molecular flexibility index (Phi) is 4.35. The second-order valence-electron chi connectivity index (χ2n) is 5.57. The predicted octanol–water partition coefficient (Wildman–Crippen LogP) is 1.31. The first-order chi connectivity index (χ1) is 10.7. The van der Waals surface area contributed by atoms with Crippen LogP contribution in [-0.2, 0) is 5.60 Å². The Morgan fingerprint density at radius 2 is 2.18 bits per heavy atom. The molecule has 1 unspecified atom stereocenters. The monoisotopic (exact) mass is 306 g/mol. The van der Waals surface area contributed by atoms with Crippen molar-refractivity contribution in [1.82, 2.24) is 20.3 Å². The lowest BCUT2D eigenvalue weighted by Gasteiger charge is -2.37. The molecule has 6 nitrogen and oxygen atoms in total. The zero-order valence-electron chi connectivity index (χ0n) is 12.2. The highest BCUT2D eigenvalue weighted by molar-refractivity contribution is 5.22. The molecule has 0 radical (unpaired) electrons. The van der Waals surface area contributed by atoms with E-state index in [0.29, 0.717) is 37.6 Å². The van der Waals surface area contributed by atoms with Crippen molar-refractivity contribution in [3.8, 4) is 5.75 Å². The third kappa shape index (κ3) is 3.42. The number of nitrogens with zero attached hydrogens (tertiary/aromatic N) is 3. The fourth-order valence-electron chi connectivity index (χ4n) is 2.77. The number of H-pyrrole nitrogens is 1. The third-order valence-electron chi connectivity index (χ3n) is 3.93. The van der Waals surface area contributed by atoms with Gasteiger partial charge in [0.15, 0.2) is 0 Å². The Labute approximate surface area is 127 Å². The van der Waals surface area contributed by atoms with Gasteiger partial charge in [-0.15, -0.1) is 0 Å². The summed E-state index contributed by atoms with van der Waals surface area (Å²) in [4.78, 5) is 2.14. The summed E-state index contributed by atoms with van der Waals surface area (Å²) in [5.74, 6) is 0.367. The number of aromatic nitrogens is 3. The van der Waals surface area contributed by atoms with Crippen LogP contribution in [0.5, 0.6) is 5.75 Å². The fraction of sp³-hybridized carbons (Fsp3) is 0.467. The number of aliphatic hydroxyl groups is 1. The number of rotatable bonds is 5. The highest BCUT2D eigenvalue weighted by Crippen LogP contribution is 2.29. The summed E-state index contributed by atoms with van der Waals surface area (Å²) in [6.07, 6.45) is 3.13. The van der Waals surface area contributed by atoms with Crippen LogP contribution in [0.25, 0.3) is 0 Å². The maximum absolute atomic E-state index is 12.8. The third-order valence-corrected chi connectivity index (χ3v) is 3.93. The zero-order valence-corrected chi connectivity index (χ0v) is 12.2. The Hall–Kier alpha value is -1.99. The van der Waals surface area contributed by atoms with E-state index in [1.807, 2.05) is 0 Å². The van der Waals surface area contributed by atoms with Gasteiger partial charge in [0.2, 0.25) is 0 Å². The van der Waals surface area contributed by atoms with Crippen molar-refractivity contribution in [2.24, 2.45) is 0 Å². The summed E-state index contributed by atoms with van der Waals surface area (Å²) in [6, 6.07) is 5.97. The number of hydrogen-bond donors (Lipinski definition) is 2. The van der Waals surface area contributed by atoms with E-state index in [0.717, 1.165) is 13.0 Å². The molecule has 1 aromatic heterocycles. The number of benzene rings is 1. The number of nitrogens with one attached hydrogen (secondary N) is 1. The molecule has 0 aliphatic carbocycles. The van der Waals surface area contributed by atoms with Crippen molar-refractivity contribution in [3.05, 3.63) is 42.0 Å². The molecule has 1 aliphatic rings. The summed E-state index contributed by atoms with van der Waals surface area (Å²) in [7, 11) is 0. The lowest BCUT2D eigenvalue weighted by atomic mass is 9.90. The van der Waals surface area contributed by atoms with Crippen LogP contribution < -0.4 is 4.74 Å². The number of ether oxygens (including phenoxy) is 1. The van der Waals surface area contributed by atoms with E-state index in [9.17, 15) is 9.50 Å². The highest BCUT2D eigenvalue weighted by atomic mass is 19.1. The Morgan fingerprint density at radius 1 is 1.36 bits per heavy atom. The van der Waals surface area contributed by atoms with Crippen molar-refractivity contribution >= 4 is 0 Å². The first-order valence-corrected chi connectivity index (χ1v) is 7.35. The number of hydrogen-bond acceptors (Lipinski definition) is 5. The number of likely N-dealkylation sites (tertiary alicyclic amines) is 1. The summed E-state index contributed by atoms with van der Waals surface area (Å²) >= 11 is 0. The Balaban J connectivity index is 1.51. The van der Waals surface area contributed by atoms with E-state index in [1.54, 1.807) is 18.3 Å². The maximum atomic E-state index is 12.8. The van der Waals surface area contributed by atoms with Gasteiger partial charge in [-0.2, -0.15) is 15.4 Å². The van der Waals surface area contributed by atoms with Crippen LogP contribution in [0.4, 0.5) is 4.39 Å². The molecule has 3 rings (SSSR count). The van der Waals surface area contributed by atoms with E-state index >= 15 is 0 Å². The van der Waals surface area contributed by atoms with Crippen molar-refractivity contribution < 1.29 is 14.2 Å². The summed E-state index contributed by atoms with van der Waals surface area (Å²) in [6.45, 7) is 2.59. The Bertz CT molecular complexity index is 590. The molecule has 0 saturated carbocycles. The second-order valence-corrected chi connectivity index (χ2v) is 5.57. The van der Waals surface area contributed by atoms with Crippen molar-refractivity contribution in [2.75, 3.05) is 26.2 Å². The van der Waals surface area contributed by atoms with Gasteiger partial charge in [-0.25, -0.2) is 4.39 Å². The minimum absolute atomic E-state index is 0.277. The van der Waals surface area contributed by atoms with Gasteiger partial charge in [0, 0.05) is 13.1 Å². The first-order valence-electron chi connectivity index (χ1n) is 7.35. The van der Waals surface area contributed by atoms with E-state index in [2.05, 4.69) is 20.3 Å². The molecule has 0 bridgehead atoms. The van der Waals surface area contributed by atoms with Gasteiger partial charge in [0.05, 0.1) is 6.20 Å². The molecule has 2 heterocycles. The van der Waals surface area contributed by atoms with Gasteiger partial charge < -0.3 is 9.84 Å². The second kappa shape index (κ2) is 6.41. The quantitative estimate of drug-likeness (QED) is 0.871. The van der Waals surface area contributed by atoms with E-state index in [1.165, 1.54) is 12.1 Å². The number of β-amino-alcohol motifs (C(OH)–C–C–N with tert-alkyl or cyclic N) is 1. The number of halogens is 1. The van der Waals surface area contributed by atoms with Gasteiger partial charge in [-0.3, -0.25) is 4.90 Å². The molecule has 1 aliphatic heterocycles. The van der Waals surface area contributed by atoms with Crippen LogP contribution in [0.15, 0.2) is 30.5 Å². The topological polar surface area (TPSA) is 74.3 Å². The standard InChI is InChI=1S/C15H19FN4O2/c16-12-2-4-13(5-3-12)22-9-8-20-7-1-6-15(21,11-20)14-10-17-19-18-14/h2-5,10,21H,1,6-9,11H2,(H,17,18,19). The van der Waals surface area contributed by atoms with Gasteiger partial charge in [0.1, 0.15) is 29.5 Å². The fourth-order valence-corrected chi connectivity index (χ4v) is 2.77. The lowest BCUT2D eigenvalue weighted by Crippen LogP contribution is -2.47. The normalized spacial score (nSPS) is 22.6. The summed E-state index contributed by atoms with van der Waals surface area (Å²) in [5, 5.41) is 21.0. The largest absolute Gasteiger partial charge is 0.492 e. The molecule has 0 spiro atoms. The van der Waals surface area contributed by atoms with Crippen LogP contribution in [0, 0.1) is 5.82 Å². The summed E-state index contributed by atoms with van der Waals surface area (Å²) in [5.41, 5.74) is -0.377. The molecule has 2 aromatic rings. The van der Waals surface area contributed by atoms with Crippen LogP contribution in [-0.4, -0.2) is 51.7 Å². The molecule has 22 heavy (non-hydrogen) atoms. The molecule has 118 valence electrons. The Morgan fingerprint density at radius 3 is 2.91 bits per heavy atom. The number of piperidine rings is 1. The molecule has 2 N–H and O–H groups in total. The molecule has 1 aromatic carbocycles. The van der Waals surface area contributed by atoms with Crippen LogP contribution >= 0.6 is 0 Å². The SMILES string of the molecule is OC1(c2cn[nH]n2)CCCN(CCOc2ccc(F)cc2)C1. The predicted molar refractivity (Wildman–Crippen MR) is 77.8 cm³/mol. The van der Waals surface area contributed by atoms with Gasteiger partial charge in [-0.1, -0.05) is 0 Å². The molecule has 0 amide bonds. The van der Waals surface area contributed by atoms with E-state index in [-0.39, 0.29) is 5.82 Å².